The summed E-state index contributed by atoms with van der Waals surface area (Å²) >= 11 is 0. The third-order valence-electron chi connectivity index (χ3n) is 2.39. The molecule has 19 heavy (non-hydrogen) atoms. The highest BCUT2D eigenvalue weighted by molar-refractivity contribution is 6.45. The fraction of sp³-hybridized carbons (Fsp3) is 0.0909. The van der Waals surface area contributed by atoms with Crippen LogP contribution in [0.25, 0.3) is 0 Å². The fourth-order valence-corrected chi connectivity index (χ4v) is 1.51. The SMILES string of the molecule is N#C/C(=N\Nc1ccc2c(c1)NC(=O)CN2)C(=N)N. The van der Waals surface area contributed by atoms with Crippen LogP contribution < -0.4 is 21.8 Å². The van der Waals surface area contributed by atoms with Crippen LogP contribution in [0, 0.1) is 16.7 Å². The lowest BCUT2D eigenvalue weighted by molar-refractivity contribution is -0.114. The number of nitrogens with two attached hydrogens (primary N) is 1. The largest absolute Gasteiger partial charge is 0.382 e. The first-order valence-corrected chi connectivity index (χ1v) is 5.36. The number of fused-ring (bicyclic) bond motifs is 1. The summed E-state index contributed by atoms with van der Waals surface area (Å²) in [7, 11) is 0. The molecule has 1 aromatic carbocycles. The van der Waals surface area contributed by atoms with Gasteiger partial charge in [-0.1, -0.05) is 0 Å². The summed E-state index contributed by atoms with van der Waals surface area (Å²) in [5.74, 6) is -0.544. The van der Waals surface area contributed by atoms with Gasteiger partial charge in [0.2, 0.25) is 11.6 Å². The van der Waals surface area contributed by atoms with E-state index in [0.29, 0.717) is 11.4 Å². The molecule has 8 heteroatoms. The average molecular weight is 257 g/mol. The molecular weight excluding hydrogens is 246 g/mol. The molecule has 1 aromatic rings. The molecule has 1 heterocycles. The fourth-order valence-electron chi connectivity index (χ4n) is 1.51. The minimum atomic E-state index is -0.414. The van der Waals surface area contributed by atoms with Gasteiger partial charge in [0.15, 0.2) is 5.84 Å². The summed E-state index contributed by atoms with van der Waals surface area (Å²) in [4.78, 5) is 11.2. The van der Waals surface area contributed by atoms with E-state index in [2.05, 4.69) is 21.2 Å². The second-order valence-corrected chi connectivity index (χ2v) is 3.76. The number of hydrazone groups is 1. The van der Waals surface area contributed by atoms with Crippen LogP contribution in [0.1, 0.15) is 0 Å². The first kappa shape index (κ1) is 12.4. The Morgan fingerprint density at radius 2 is 2.32 bits per heavy atom. The Balaban J connectivity index is 2.19. The van der Waals surface area contributed by atoms with E-state index in [1.54, 1.807) is 24.3 Å². The van der Waals surface area contributed by atoms with Crippen LogP contribution in [0.15, 0.2) is 23.3 Å². The molecule has 0 bridgehead atoms. The molecule has 0 saturated carbocycles. The molecular formula is C11H11N7O. The molecule has 6 N–H and O–H groups in total. The number of nitriles is 1. The average Bonchev–Trinajstić information content (AvgIpc) is 2.38. The van der Waals surface area contributed by atoms with E-state index in [0.717, 1.165) is 5.69 Å². The number of amidine groups is 1. The lowest BCUT2D eigenvalue weighted by Gasteiger charge is -2.19. The molecule has 1 aliphatic heterocycles. The van der Waals surface area contributed by atoms with Crippen molar-refractivity contribution in [2.75, 3.05) is 22.6 Å². The maximum Gasteiger partial charge on any atom is 0.243 e. The smallest absolute Gasteiger partial charge is 0.243 e. The van der Waals surface area contributed by atoms with E-state index in [-0.39, 0.29) is 18.2 Å². The van der Waals surface area contributed by atoms with Gasteiger partial charge in [0.05, 0.1) is 23.6 Å². The molecule has 0 unspecified atom stereocenters. The number of rotatable bonds is 3. The zero-order valence-electron chi connectivity index (χ0n) is 9.82. The van der Waals surface area contributed by atoms with Gasteiger partial charge in [0.25, 0.3) is 0 Å². The minimum Gasteiger partial charge on any atom is -0.382 e. The first-order chi connectivity index (χ1) is 9.10. The number of nitrogens with one attached hydrogen (secondary N) is 4. The van der Waals surface area contributed by atoms with Gasteiger partial charge in [-0.25, -0.2) is 0 Å². The van der Waals surface area contributed by atoms with Crippen molar-refractivity contribution in [2.24, 2.45) is 10.8 Å². The Morgan fingerprint density at radius 3 is 3.00 bits per heavy atom. The van der Waals surface area contributed by atoms with Crippen LogP contribution in [0.2, 0.25) is 0 Å². The van der Waals surface area contributed by atoms with Gasteiger partial charge in [0, 0.05) is 0 Å². The Hall–Kier alpha value is -3.08. The van der Waals surface area contributed by atoms with Crippen molar-refractivity contribution in [1.82, 2.24) is 0 Å². The van der Waals surface area contributed by atoms with Gasteiger partial charge in [0.1, 0.15) is 6.07 Å². The molecule has 8 nitrogen and oxygen atoms in total. The Kier molecular flexibility index (Phi) is 3.29. The third kappa shape index (κ3) is 2.78. The maximum absolute atomic E-state index is 11.2. The van der Waals surface area contributed by atoms with Crippen LogP contribution >= 0.6 is 0 Å². The van der Waals surface area contributed by atoms with Gasteiger partial charge >= 0.3 is 0 Å². The molecule has 0 radical (unpaired) electrons. The summed E-state index contributed by atoms with van der Waals surface area (Å²) < 4.78 is 0. The number of carbonyl (C=O) groups excluding carboxylic acids is 1. The first-order valence-electron chi connectivity index (χ1n) is 5.36. The van der Waals surface area contributed by atoms with Gasteiger partial charge in [-0.15, -0.1) is 0 Å². The molecule has 0 fully saturated rings. The van der Waals surface area contributed by atoms with Crippen LogP contribution in [-0.4, -0.2) is 24.0 Å². The van der Waals surface area contributed by atoms with Gasteiger partial charge in [-0.2, -0.15) is 10.4 Å². The number of anilines is 3. The summed E-state index contributed by atoms with van der Waals surface area (Å²) in [5.41, 5.74) is 9.56. The molecule has 0 spiro atoms. The zero-order valence-corrected chi connectivity index (χ0v) is 9.82. The molecule has 0 saturated heterocycles. The van der Waals surface area contributed by atoms with Crippen molar-refractivity contribution >= 4 is 34.5 Å². The van der Waals surface area contributed by atoms with Crippen molar-refractivity contribution in [3.05, 3.63) is 18.2 Å². The Bertz CT molecular complexity index is 614. The molecule has 1 amide bonds. The van der Waals surface area contributed by atoms with Gasteiger partial charge in [-0.3, -0.25) is 15.6 Å². The number of benzene rings is 1. The number of carbonyl (C=O) groups is 1. The lowest BCUT2D eigenvalue weighted by Crippen LogP contribution is -2.27. The van der Waals surface area contributed by atoms with Gasteiger partial charge in [-0.05, 0) is 18.2 Å². The van der Waals surface area contributed by atoms with E-state index < -0.39 is 5.84 Å². The predicted octanol–water partition coefficient (Wildman–Crippen LogP) is 0.278. The number of hydrogen-bond acceptors (Lipinski definition) is 6. The predicted molar refractivity (Wildman–Crippen MR) is 72.1 cm³/mol. The van der Waals surface area contributed by atoms with E-state index in [1.807, 2.05) is 0 Å². The summed E-state index contributed by atoms with van der Waals surface area (Å²) in [5, 5.41) is 25.2. The Morgan fingerprint density at radius 1 is 1.53 bits per heavy atom. The van der Waals surface area contributed by atoms with Crippen molar-refractivity contribution in [3.63, 3.8) is 0 Å². The van der Waals surface area contributed by atoms with Crippen molar-refractivity contribution in [1.29, 1.82) is 10.7 Å². The molecule has 96 valence electrons. The number of hydrogen-bond donors (Lipinski definition) is 5. The van der Waals surface area contributed by atoms with Crippen LogP contribution in [0.4, 0.5) is 17.1 Å². The molecule has 2 rings (SSSR count). The molecule has 0 atom stereocenters. The van der Waals surface area contributed by atoms with Crippen LogP contribution in [0.5, 0.6) is 0 Å². The van der Waals surface area contributed by atoms with E-state index >= 15 is 0 Å². The summed E-state index contributed by atoms with van der Waals surface area (Å²) in [6.07, 6.45) is 0. The highest BCUT2D eigenvalue weighted by Gasteiger charge is 2.13. The van der Waals surface area contributed by atoms with E-state index in [1.165, 1.54) is 0 Å². The molecule has 0 aromatic heterocycles. The van der Waals surface area contributed by atoms with E-state index in [9.17, 15) is 4.79 Å². The van der Waals surface area contributed by atoms with Crippen molar-refractivity contribution in [2.45, 2.75) is 0 Å². The topological polar surface area (TPSA) is 139 Å². The molecule has 0 aliphatic carbocycles. The van der Waals surface area contributed by atoms with Crippen molar-refractivity contribution in [3.8, 4) is 6.07 Å². The summed E-state index contributed by atoms with van der Waals surface area (Å²) in [6.45, 7) is 0.237. The second kappa shape index (κ2) is 5.05. The normalized spacial score (nSPS) is 13.6. The van der Waals surface area contributed by atoms with Crippen LogP contribution in [-0.2, 0) is 4.79 Å². The minimum absolute atomic E-state index is 0.130. The van der Waals surface area contributed by atoms with Crippen LogP contribution in [0.3, 0.4) is 0 Å². The Labute approximate surface area is 108 Å². The quantitative estimate of drug-likeness (QED) is 0.300. The standard InChI is InChI=1S/C11H11N7O/c12-4-9(11(13)14)18-17-6-1-2-7-8(3-6)16-10(19)5-15-7/h1-3,15,17H,5H2,(H3,13,14)(H,16,19)/b18-9+. The monoisotopic (exact) mass is 257 g/mol. The highest BCUT2D eigenvalue weighted by atomic mass is 16.2. The highest BCUT2D eigenvalue weighted by Crippen LogP contribution is 2.27. The summed E-state index contributed by atoms with van der Waals surface area (Å²) in [6, 6.07) is 6.86. The maximum atomic E-state index is 11.2. The van der Waals surface area contributed by atoms with Crippen molar-refractivity contribution < 1.29 is 4.79 Å². The van der Waals surface area contributed by atoms with Gasteiger partial charge < -0.3 is 16.4 Å². The molecule has 1 aliphatic rings. The third-order valence-corrected chi connectivity index (χ3v) is 2.39. The van der Waals surface area contributed by atoms with E-state index in [4.69, 9.17) is 16.4 Å². The zero-order chi connectivity index (χ0) is 13.8. The number of nitrogens with zero attached hydrogens (tertiary/aromatic N) is 2. The lowest BCUT2D eigenvalue weighted by atomic mass is 10.2. The number of amides is 1. The second-order valence-electron chi connectivity index (χ2n) is 3.76.